The predicted molar refractivity (Wildman–Crippen MR) is 123 cm³/mol. The molecule has 168 valence electrons. The first kappa shape index (κ1) is 22.8. The van der Waals surface area contributed by atoms with E-state index in [-0.39, 0.29) is 11.8 Å². The molecule has 3 rings (SSSR count). The van der Waals surface area contributed by atoms with E-state index < -0.39 is 0 Å². The molecule has 0 spiro atoms. The molecule has 2 heterocycles. The fourth-order valence-corrected chi connectivity index (χ4v) is 4.18. The monoisotopic (exact) mass is 425 g/mol. The van der Waals surface area contributed by atoms with Crippen molar-refractivity contribution in [3.05, 3.63) is 52.3 Å². The molecule has 1 aliphatic heterocycles. The van der Waals surface area contributed by atoms with Gasteiger partial charge < -0.3 is 16.4 Å². The van der Waals surface area contributed by atoms with Gasteiger partial charge in [0.2, 0.25) is 5.91 Å². The highest BCUT2D eigenvalue weighted by Crippen LogP contribution is 2.19. The number of carbonyl (C=O) groups excluding carboxylic acids is 1. The van der Waals surface area contributed by atoms with E-state index in [0.29, 0.717) is 13.1 Å². The van der Waals surface area contributed by atoms with E-state index >= 15 is 0 Å². The highest BCUT2D eigenvalue weighted by atomic mass is 16.1. The Balaban J connectivity index is 1.53. The predicted octanol–water partition coefficient (Wildman–Crippen LogP) is 1.60. The Hall–Kier alpha value is -2.87. The lowest BCUT2D eigenvalue weighted by Crippen LogP contribution is -2.40. The average Bonchev–Trinajstić information content (AvgIpc) is 3.00. The summed E-state index contributed by atoms with van der Waals surface area (Å²) in [7, 11) is 3.74. The van der Waals surface area contributed by atoms with Crippen LogP contribution in [0.3, 0.4) is 0 Å². The van der Waals surface area contributed by atoms with Crippen LogP contribution in [0.25, 0.3) is 0 Å². The molecule has 0 aliphatic carbocycles. The van der Waals surface area contributed by atoms with Gasteiger partial charge in [-0.15, -0.1) is 0 Å². The van der Waals surface area contributed by atoms with Crippen molar-refractivity contribution in [2.45, 2.75) is 46.3 Å². The van der Waals surface area contributed by atoms with E-state index in [1.165, 1.54) is 16.7 Å². The third-order valence-corrected chi connectivity index (χ3v) is 6.08. The molecule has 1 aromatic carbocycles. The topological polar surface area (TPSA) is 101 Å². The Bertz CT molecular complexity index is 934. The molecule has 1 aliphatic rings. The number of primary amides is 1. The molecular weight excluding hydrogens is 390 g/mol. The standard InChI is InChI=1S/C23H35N7O/c1-16-21(17(2)29(4)28-16)13-27-23(25-3)26-12-18-7-5-8-19(11-18)14-30-10-6-9-20(15-30)22(24)31/h5,7-8,11,20H,6,9-10,12-15H2,1-4H3,(H2,24,31)(H2,25,26,27). The molecule has 1 fully saturated rings. The van der Waals surface area contributed by atoms with Crippen molar-refractivity contribution < 1.29 is 4.79 Å². The molecule has 31 heavy (non-hydrogen) atoms. The van der Waals surface area contributed by atoms with Gasteiger partial charge in [-0.2, -0.15) is 5.10 Å². The Morgan fingerprint density at radius 2 is 2.00 bits per heavy atom. The van der Waals surface area contributed by atoms with Gasteiger partial charge in [0, 0.05) is 51.5 Å². The maximum Gasteiger partial charge on any atom is 0.221 e. The summed E-state index contributed by atoms with van der Waals surface area (Å²) in [6.07, 6.45) is 1.92. The number of aromatic nitrogens is 2. The summed E-state index contributed by atoms with van der Waals surface area (Å²) in [5.74, 6) is 0.548. The summed E-state index contributed by atoms with van der Waals surface area (Å²) < 4.78 is 1.90. The van der Waals surface area contributed by atoms with Crippen molar-refractivity contribution in [2.24, 2.45) is 23.7 Å². The van der Waals surface area contributed by atoms with Gasteiger partial charge in [-0.3, -0.25) is 19.4 Å². The Labute approximate surface area is 184 Å². The molecule has 0 saturated carbocycles. The number of aryl methyl sites for hydroxylation is 2. The summed E-state index contributed by atoms with van der Waals surface area (Å²) in [6, 6.07) is 8.55. The number of guanidine groups is 1. The molecule has 1 unspecified atom stereocenters. The van der Waals surface area contributed by atoms with Crippen molar-refractivity contribution in [2.75, 3.05) is 20.1 Å². The lowest BCUT2D eigenvalue weighted by atomic mass is 9.97. The molecule has 0 radical (unpaired) electrons. The van der Waals surface area contributed by atoms with Gasteiger partial charge in [0.15, 0.2) is 5.96 Å². The van der Waals surface area contributed by atoms with E-state index in [4.69, 9.17) is 5.73 Å². The molecule has 4 N–H and O–H groups in total. The summed E-state index contributed by atoms with van der Waals surface area (Å²) in [5.41, 5.74) is 11.3. The van der Waals surface area contributed by atoms with Crippen LogP contribution in [0.1, 0.15) is 40.9 Å². The van der Waals surface area contributed by atoms with Gasteiger partial charge in [-0.1, -0.05) is 24.3 Å². The minimum absolute atomic E-state index is 0.0277. The van der Waals surface area contributed by atoms with Crippen LogP contribution in [0, 0.1) is 19.8 Å². The average molecular weight is 426 g/mol. The molecule has 1 atom stereocenters. The normalized spacial score (nSPS) is 17.5. The summed E-state index contributed by atoms with van der Waals surface area (Å²) in [4.78, 5) is 18.2. The molecule has 8 nitrogen and oxygen atoms in total. The minimum Gasteiger partial charge on any atom is -0.369 e. The zero-order valence-corrected chi connectivity index (χ0v) is 19.1. The number of carbonyl (C=O) groups is 1. The fourth-order valence-electron chi connectivity index (χ4n) is 4.18. The third-order valence-electron chi connectivity index (χ3n) is 6.08. The zero-order chi connectivity index (χ0) is 22.4. The Morgan fingerprint density at radius 3 is 2.68 bits per heavy atom. The number of likely N-dealkylation sites (tertiary alicyclic amines) is 1. The molecule has 2 aromatic rings. The van der Waals surface area contributed by atoms with E-state index in [0.717, 1.165) is 49.8 Å². The number of rotatable bonds is 7. The van der Waals surface area contributed by atoms with Crippen LogP contribution in [-0.2, 0) is 31.5 Å². The maximum absolute atomic E-state index is 11.5. The van der Waals surface area contributed by atoms with E-state index in [9.17, 15) is 4.79 Å². The highest BCUT2D eigenvalue weighted by molar-refractivity contribution is 5.79. The smallest absolute Gasteiger partial charge is 0.221 e. The van der Waals surface area contributed by atoms with Crippen LogP contribution in [-0.4, -0.2) is 46.7 Å². The van der Waals surface area contributed by atoms with Crippen LogP contribution >= 0.6 is 0 Å². The first-order valence-electron chi connectivity index (χ1n) is 10.9. The quantitative estimate of drug-likeness (QED) is 0.462. The third kappa shape index (κ3) is 6.07. The van der Waals surface area contributed by atoms with Crippen molar-refractivity contribution in [3.63, 3.8) is 0 Å². The molecule has 1 aromatic heterocycles. The molecule has 8 heteroatoms. The van der Waals surface area contributed by atoms with Crippen LogP contribution in [0.4, 0.5) is 0 Å². The first-order valence-corrected chi connectivity index (χ1v) is 10.9. The molecule has 1 amide bonds. The molecule has 1 saturated heterocycles. The van der Waals surface area contributed by atoms with Gasteiger partial charge in [-0.25, -0.2) is 0 Å². The van der Waals surface area contributed by atoms with E-state index in [2.05, 4.69) is 56.8 Å². The Kier molecular flexibility index (Phi) is 7.68. The van der Waals surface area contributed by atoms with E-state index in [1.54, 1.807) is 7.05 Å². The largest absolute Gasteiger partial charge is 0.369 e. The number of piperidine rings is 1. The lowest BCUT2D eigenvalue weighted by molar-refractivity contribution is -0.123. The summed E-state index contributed by atoms with van der Waals surface area (Å²) in [6.45, 7) is 8.07. The number of benzene rings is 1. The number of nitrogens with zero attached hydrogens (tertiary/aromatic N) is 4. The van der Waals surface area contributed by atoms with Gasteiger partial charge in [0.25, 0.3) is 0 Å². The van der Waals surface area contributed by atoms with Crippen molar-refractivity contribution in [1.29, 1.82) is 0 Å². The van der Waals surface area contributed by atoms with Gasteiger partial charge in [0.05, 0.1) is 11.6 Å². The van der Waals surface area contributed by atoms with Crippen molar-refractivity contribution >= 4 is 11.9 Å². The van der Waals surface area contributed by atoms with Crippen LogP contribution in [0.2, 0.25) is 0 Å². The number of hydrogen-bond donors (Lipinski definition) is 3. The van der Waals surface area contributed by atoms with Crippen LogP contribution in [0.15, 0.2) is 29.3 Å². The minimum atomic E-state index is -0.182. The highest BCUT2D eigenvalue weighted by Gasteiger charge is 2.23. The van der Waals surface area contributed by atoms with E-state index in [1.807, 2.05) is 18.7 Å². The van der Waals surface area contributed by atoms with Gasteiger partial charge in [0.1, 0.15) is 0 Å². The second-order valence-corrected chi connectivity index (χ2v) is 8.35. The molecule has 0 bridgehead atoms. The summed E-state index contributed by atoms with van der Waals surface area (Å²) in [5, 5.41) is 11.2. The fraction of sp³-hybridized carbons (Fsp3) is 0.522. The van der Waals surface area contributed by atoms with Gasteiger partial charge >= 0.3 is 0 Å². The second-order valence-electron chi connectivity index (χ2n) is 8.35. The van der Waals surface area contributed by atoms with Crippen molar-refractivity contribution in [1.82, 2.24) is 25.3 Å². The van der Waals surface area contributed by atoms with Crippen LogP contribution < -0.4 is 16.4 Å². The first-order chi connectivity index (χ1) is 14.9. The molecular formula is C23H35N7O. The van der Waals surface area contributed by atoms with Gasteiger partial charge in [-0.05, 0) is 44.4 Å². The number of nitrogens with two attached hydrogens (primary N) is 1. The number of hydrogen-bond acceptors (Lipinski definition) is 4. The Morgan fingerprint density at radius 1 is 1.26 bits per heavy atom. The maximum atomic E-state index is 11.5. The summed E-state index contributed by atoms with van der Waals surface area (Å²) >= 11 is 0. The second kappa shape index (κ2) is 10.4. The SMILES string of the molecule is CN=C(NCc1cccc(CN2CCCC(C(N)=O)C2)c1)NCc1c(C)nn(C)c1C. The number of amides is 1. The lowest BCUT2D eigenvalue weighted by Gasteiger charge is -2.31. The zero-order valence-electron chi connectivity index (χ0n) is 19.1. The number of nitrogens with one attached hydrogen (secondary N) is 2. The van der Waals surface area contributed by atoms with Crippen molar-refractivity contribution in [3.8, 4) is 0 Å². The van der Waals surface area contributed by atoms with Crippen LogP contribution in [0.5, 0.6) is 0 Å². The number of aliphatic imine (C=N–C) groups is 1.